The minimum atomic E-state index is -0.133. The third-order valence-corrected chi connectivity index (χ3v) is 3.11. The van der Waals surface area contributed by atoms with Gasteiger partial charge in [0.1, 0.15) is 0 Å². The summed E-state index contributed by atoms with van der Waals surface area (Å²) in [6.07, 6.45) is 3.55. The Kier molecular flexibility index (Phi) is 4.85. The highest BCUT2D eigenvalue weighted by Crippen LogP contribution is 2.14. The summed E-state index contributed by atoms with van der Waals surface area (Å²) >= 11 is 0. The van der Waals surface area contributed by atoms with Crippen LogP contribution in [0.1, 0.15) is 28.0 Å². The van der Waals surface area contributed by atoms with Crippen LogP contribution in [0.25, 0.3) is 0 Å². The molecule has 3 N–H and O–H groups in total. The monoisotopic (exact) mass is 269 g/mol. The average molecular weight is 269 g/mol. The number of rotatable bonds is 5. The summed E-state index contributed by atoms with van der Waals surface area (Å²) in [5.41, 5.74) is 8.81. The van der Waals surface area contributed by atoms with E-state index in [9.17, 15) is 4.79 Å². The number of carbonyl (C=O) groups excluding carboxylic acids is 1. The summed E-state index contributed by atoms with van der Waals surface area (Å²) < 4.78 is 0. The maximum Gasteiger partial charge on any atom is 0.257 e. The van der Waals surface area contributed by atoms with Gasteiger partial charge in [0.05, 0.1) is 5.56 Å². The van der Waals surface area contributed by atoms with Gasteiger partial charge in [-0.1, -0.05) is 12.1 Å². The zero-order chi connectivity index (χ0) is 14.4. The zero-order valence-corrected chi connectivity index (χ0v) is 11.6. The summed E-state index contributed by atoms with van der Waals surface area (Å²) in [4.78, 5) is 16.3. The predicted molar refractivity (Wildman–Crippen MR) is 80.7 cm³/mol. The van der Waals surface area contributed by atoms with Crippen molar-refractivity contribution in [1.82, 2.24) is 4.98 Å². The number of hydrogen-bond donors (Lipinski definition) is 2. The second kappa shape index (κ2) is 6.82. The van der Waals surface area contributed by atoms with Gasteiger partial charge < -0.3 is 11.1 Å². The first-order chi connectivity index (χ1) is 9.70. The molecule has 0 aliphatic carbocycles. The van der Waals surface area contributed by atoms with E-state index >= 15 is 0 Å². The Morgan fingerprint density at radius 2 is 2.15 bits per heavy atom. The Labute approximate surface area is 119 Å². The fraction of sp³-hybridized carbons (Fsp3) is 0.250. The van der Waals surface area contributed by atoms with E-state index in [1.165, 1.54) is 5.56 Å². The molecule has 4 heteroatoms. The first-order valence-corrected chi connectivity index (χ1v) is 6.72. The molecule has 0 spiro atoms. The zero-order valence-electron chi connectivity index (χ0n) is 11.6. The smallest absolute Gasteiger partial charge is 0.257 e. The largest absolute Gasteiger partial charge is 0.330 e. The van der Waals surface area contributed by atoms with Gasteiger partial charge in [-0.3, -0.25) is 9.78 Å². The molecule has 2 aromatic rings. The van der Waals surface area contributed by atoms with E-state index in [-0.39, 0.29) is 5.91 Å². The van der Waals surface area contributed by atoms with Gasteiger partial charge >= 0.3 is 0 Å². The Hall–Kier alpha value is -2.20. The quantitative estimate of drug-likeness (QED) is 0.876. The number of nitrogens with one attached hydrogen (secondary N) is 1. The van der Waals surface area contributed by atoms with Crippen LogP contribution < -0.4 is 11.1 Å². The molecule has 104 valence electrons. The van der Waals surface area contributed by atoms with Crippen LogP contribution in [0.3, 0.4) is 0 Å². The fourth-order valence-electron chi connectivity index (χ4n) is 2.03. The van der Waals surface area contributed by atoms with Gasteiger partial charge in [0.15, 0.2) is 0 Å². The molecule has 1 aromatic carbocycles. The van der Waals surface area contributed by atoms with Crippen molar-refractivity contribution in [2.45, 2.75) is 19.8 Å². The summed E-state index contributed by atoms with van der Waals surface area (Å²) in [5, 5.41) is 2.91. The number of carbonyl (C=O) groups is 1. The second-order valence-electron chi connectivity index (χ2n) is 4.68. The lowest BCUT2D eigenvalue weighted by Crippen LogP contribution is -2.14. The van der Waals surface area contributed by atoms with E-state index in [0.717, 1.165) is 24.2 Å². The van der Waals surface area contributed by atoms with Crippen LogP contribution in [0.5, 0.6) is 0 Å². The van der Waals surface area contributed by atoms with Crippen molar-refractivity contribution in [3.05, 3.63) is 59.4 Å². The Bertz CT molecular complexity index is 596. The van der Waals surface area contributed by atoms with Crippen molar-refractivity contribution < 1.29 is 4.79 Å². The van der Waals surface area contributed by atoms with E-state index in [4.69, 9.17) is 5.73 Å². The first-order valence-electron chi connectivity index (χ1n) is 6.72. The molecule has 0 fully saturated rings. The van der Waals surface area contributed by atoms with E-state index in [2.05, 4.69) is 10.3 Å². The number of anilines is 1. The minimum Gasteiger partial charge on any atom is -0.330 e. The van der Waals surface area contributed by atoms with Crippen LogP contribution in [0.15, 0.2) is 42.6 Å². The molecule has 4 nitrogen and oxygen atoms in total. The van der Waals surface area contributed by atoms with E-state index in [1.807, 2.05) is 31.2 Å². The van der Waals surface area contributed by atoms with Gasteiger partial charge in [-0.15, -0.1) is 0 Å². The molecule has 1 heterocycles. The average Bonchev–Trinajstić information content (AvgIpc) is 2.46. The number of aromatic nitrogens is 1. The summed E-state index contributed by atoms with van der Waals surface area (Å²) in [6.45, 7) is 2.50. The van der Waals surface area contributed by atoms with Crippen LogP contribution in [-0.4, -0.2) is 17.4 Å². The molecule has 0 radical (unpaired) electrons. The molecule has 0 bridgehead atoms. The maximum absolute atomic E-state index is 12.2. The van der Waals surface area contributed by atoms with Crippen molar-refractivity contribution >= 4 is 11.6 Å². The number of nitrogens with zero attached hydrogens (tertiary/aromatic N) is 1. The van der Waals surface area contributed by atoms with E-state index in [0.29, 0.717) is 12.1 Å². The van der Waals surface area contributed by atoms with Gasteiger partial charge in [0.25, 0.3) is 5.91 Å². The molecule has 1 amide bonds. The lowest BCUT2D eigenvalue weighted by molar-refractivity contribution is 0.102. The predicted octanol–water partition coefficient (Wildman–Crippen LogP) is 2.53. The van der Waals surface area contributed by atoms with Gasteiger partial charge in [0.2, 0.25) is 0 Å². The molecule has 2 rings (SSSR count). The van der Waals surface area contributed by atoms with Gasteiger partial charge in [0, 0.05) is 17.6 Å². The number of amides is 1. The van der Waals surface area contributed by atoms with Crippen molar-refractivity contribution in [1.29, 1.82) is 0 Å². The molecule has 0 unspecified atom stereocenters. The molecular weight excluding hydrogens is 250 g/mol. The number of nitrogens with two attached hydrogens (primary N) is 1. The summed E-state index contributed by atoms with van der Waals surface area (Å²) in [7, 11) is 0. The Morgan fingerprint density at radius 3 is 2.90 bits per heavy atom. The topological polar surface area (TPSA) is 68.0 Å². The highest BCUT2D eigenvalue weighted by molar-refractivity contribution is 6.04. The molecular formula is C16H19N3O. The van der Waals surface area contributed by atoms with E-state index < -0.39 is 0 Å². The lowest BCUT2D eigenvalue weighted by atomic mass is 10.1. The highest BCUT2D eigenvalue weighted by atomic mass is 16.1. The number of aryl methyl sites for hydroxylation is 2. The summed E-state index contributed by atoms with van der Waals surface area (Å²) in [6, 6.07) is 11.4. The summed E-state index contributed by atoms with van der Waals surface area (Å²) in [5.74, 6) is -0.133. The lowest BCUT2D eigenvalue weighted by Gasteiger charge is -2.08. The number of hydrogen-bond acceptors (Lipinski definition) is 3. The third-order valence-electron chi connectivity index (χ3n) is 3.11. The Morgan fingerprint density at radius 1 is 1.30 bits per heavy atom. The number of pyridine rings is 1. The van der Waals surface area contributed by atoms with Crippen LogP contribution in [-0.2, 0) is 6.42 Å². The van der Waals surface area contributed by atoms with Crippen molar-refractivity contribution in [3.8, 4) is 0 Å². The van der Waals surface area contributed by atoms with Crippen LogP contribution in [0.2, 0.25) is 0 Å². The standard InChI is InChI=1S/C16H19N3O/c1-12-15(8-4-10-18-12)16(20)19-14-7-2-5-13(11-14)6-3-9-17/h2,4-5,7-8,10-11H,3,6,9,17H2,1H3,(H,19,20). The highest BCUT2D eigenvalue weighted by Gasteiger charge is 2.09. The number of benzene rings is 1. The van der Waals surface area contributed by atoms with Crippen LogP contribution in [0, 0.1) is 6.92 Å². The molecule has 1 aromatic heterocycles. The Balaban J connectivity index is 2.10. The first kappa shape index (κ1) is 14.2. The van der Waals surface area contributed by atoms with E-state index in [1.54, 1.807) is 18.3 Å². The van der Waals surface area contributed by atoms with Crippen molar-refractivity contribution in [2.75, 3.05) is 11.9 Å². The van der Waals surface area contributed by atoms with Crippen LogP contribution in [0.4, 0.5) is 5.69 Å². The minimum absolute atomic E-state index is 0.133. The normalized spacial score (nSPS) is 10.3. The van der Waals surface area contributed by atoms with Gasteiger partial charge in [-0.2, -0.15) is 0 Å². The molecule has 0 aliphatic rings. The molecule has 20 heavy (non-hydrogen) atoms. The second-order valence-corrected chi connectivity index (χ2v) is 4.68. The molecule has 0 aliphatic heterocycles. The van der Waals surface area contributed by atoms with Gasteiger partial charge in [-0.25, -0.2) is 0 Å². The third kappa shape index (κ3) is 3.65. The van der Waals surface area contributed by atoms with Crippen LogP contribution >= 0.6 is 0 Å². The SMILES string of the molecule is Cc1ncccc1C(=O)Nc1cccc(CCCN)c1. The maximum atomic E-state index is 12.2. The van der Waals surface area contributed by atoms with Gasteiger partial charge in [-0.05, 0) is 56.1 Å². The molecule has 0 saturated carbocycles. The molecule has 0 atom stereocenters. The fourth-order valence-corrected chi connectivity index (χ4v) is 2.03. The van der Waals surface area contributed by atoms with Crippen molar-refractivity contribution in [2.24, 2.45) is 5.73 Å². The van der Waals surface area contributed by atoms with Crippen molar-refractivity contribution in [3.63, 3.8) is 0 Å². The molecule has 0 saturated heterocycles.